The lowest BCUT2D eigenvalue weighted by molar-refractivity contribution is -0.322. The first-order valence-electron chi connectivity index (χ1n) is 12.8. The van der Waals surface area contributed by atoms with Crippen LogP contribution in [0.5, 0.6) is 0 Å². The van der Waals surface area contributed by atoms with Crippen molar-refractivity contribution in [2.75, 3.05) is 13.2 Å². The maximum absolute atomic E-state index is 7.28. The first-order valence-corrected chi connectivity index (χ1v) is 14.7. The van der Waals surface area contributed by atoms with Crippen LogP contribution in [0.15, 0.2) is 60.7 Å². The fourth-order valence-corrected chi connectivity index (χ4v) is 10.5. The van der Waals surface area contributed by atoms with Crippen LogP contribution in [0, 0.1) is 5.41 Å². The molecule has 0 radical (unpaired) electrons. The van der Waals surface area contributed by atoms with Gasteiger partial charge in [-0.05, 0) is 34.7 Å². The smallest absolute Gasteiger partial charge is 0.261 e. The van der Waals surface area contributed by atoms with Crippen LogP contribution in [-0.2, 0) is 13.9 Å². The Bertz CT molecular complexity index is 837. The molecule has 0 amide bonds. The van der Waals surface area contributed by atoms with Gasteiger partial charge in [-0.1, -0.05) is 102 Å². The van der Waals surface area contributed by atoms with Gasteiger partial charge < -0.3 is 13.9 Å². The van der Waals surface area contributed by atoms with Crippen molar-refractivity contribution in [1.82, 2.24) is 0 Å². The number of hydrogen-bond acceptors (Lipinski definition) is 3. The molecule has 2 aromatic rings. The first kappa shape index (κ1) is 24.7. The van der Waals surface area contributed by atoms with Crippen molar-refractivity contribution in [3.8, 4) is 0 Å². The molecule has 0 bridgehead atoms. The second kappa shape index (κ2) is 9.65. The molecule has 4 rings (SSSR count). The summed E-state index contributed by atoms with van der Waals surface area (Å²) in [7, 11) is -2.56. The topological polar surface area (TPSA) is 27.7 Å². The van der Waals surface area contributed by atoms with Crippen molar-refractivity contribution >= 4 is 18.7 Å². The molecule has 4 heteroatoms. The Hall–Kier alpha value is -1.46. The van der Waals surface area contributed by atoms with Crippen LogP contribution in [0.3, 0.4) is 0 Å². The van der Waals surface area contributed by atoms with E-state index in [2.05, 4.69) is 95.3 Å². The highest BCUT2D eigenvalue weighted by Gasteiger charge is 2.52. The summed E-state index contributed by atoms with van der Waals surface area (Å²) in [5.41, 5.74) is -0.110. The quantitative estimate of drug-likeness (QED) is 0.485. The summed E-state index contributed by atoms with van der Waals surface area (Å²) >= 11 is 0. The van der Waals surface area contributed by atoms with E-state index in [1.165, 1.54) is 29.6 Å². The molecule has 1 atom stereocenters. The number of benzene rings is 2. The monoisotopic (exact) mass is 466 g/mol. The SMILES string of the molecule is CC(C)(CO[Si](c1ccccc1)(c1ccccc1)C(C)(C)C)[C@@H]1CCOC2(CCCCC2)O1. The number of rotatable bonds is 6. The summed E-state index contributed by atoms with van der Waals surface area (Å²) < 4.78 is 20.2. The van der Waals surface area contributed by atoms with Gasteiger partial charge in [0.1, 0.15) is 0 Å². The summed E-state index contributed by atoms with van der Waals surface area (Å²) in [6.45, 7) is 13.1. The highest BCUT2D eigenvalue weighted by atomic mass is 28.4. The van der Waals surface area contributed by atoms with Gasteiger partial charge >= 0.3 is 0 Å². The Labute approximate surface area is 202 Å². The molecule has 2 aromatic carbocycles. The summed E-state index contributed by atoms with van der Waals surface area (Å²) in [5, 5.41) is 2.64. The molecule has 0 unspecified atom stereocenters. The summed E-state index contributed by atoms with van der Waals surface area (Å²) in [6.07, 6.45) is 6.81. The van der Waals surface area contributed by atoms with E-state index < -0.39 is 8.32 Å². The van der Waals surface area contributed by atoms with Crippen molar-refractivity contribution in [1.29, 1.82) is 0 Å². The second-order valence-electron chi connectivity index (χ2n) is 11.7. The fourth-order valence-electron chi connectivity index (χ4n) is 5.76. The number of ether oxygens (including phenoxy) is 2. The third-order valence-corrected chi connectivity index (χ3v) is 12.6. The van der Waals surface area contributed by atoms with Crippen molar-refractivity contribution in [3.63, 3.8) is 0 Å². The second-order valence-corrected chi connectivity index (χ2v) is 16.0. The predicted molar refractivity (Wildman–Crippen MR) is 139 cm³/mol. The van der Waals surface area contributed by atoms with Crippen molar-refractivity contribution in [2.45, 2.75) is 90.1 Å². The molecule has 0 aromatic heterocycles. The van der Waals surface area contributed by atoms with E-state index >= 15 is 0 Å². The average molecular weight is 467 g/mol. The van der Waals surface area contributed by atoms with Crippen LogP contribution in [0.4, 0.5) is 0 Å². The molecule has 1 aliphatic heterocycles. The lowest BCUT2D eigenvalue weighted by atomic mass is 9.83. The highest BCUT2D eigenvalue weighted by Crippen LogP contribution is 2.43. The minimum atomic E-state index is -2.56. The van der Waals surface area contributed by atoms with E-state index in [1.54, 1.807) is 0 Å². The zero-order valence-corrected chi connectivity index (χ0v) is 22.2. The van der Waals surface area contributed by atoms with Crippen LogP contribution >= 0.6 is 0 Å². The third kappa shape index (κ3) is 5.00. The Morgan fingerprint density at radius 2 is 1.39 bits per heavy atom. The maximum atomic E-state index is 7.28. The van der Waals surface area contributed by atoms with E-state index in [0.717, 1.165) is 25.9 Å². The first-order chi connectivity index (χ1) is 15.7. The Balaban J connectivity index is 1.64. The summed E-state index contributed by atoms with van der Waals surface area (Å²) in [4.78, 5) is 0. The van der Waals surface area contributed by atoms with Crippen LogP contribution in [0.2, 0.25) is 5.04 Å². The lowest BCUT2D eigenvalue weighted by Crippen LogP contribution is -2.67. The van der Waals surface area contributed by atoms with Crippen LogP contribution in [0.1, 0.15) is 73.1 Å². The molecule has 33 heavy (non-hydrogen) atoms. The molecule has 3 nitrogen and oxygen atoms in total. The molecule has 1 aliphatic carbocycles. The van der Waals surface area contributed by atoms with Gasteiger partial charge in [0.15, 0.2) is 5.79 Å². The van der Waals surface area contributed by atoms with E-state index in [1.807, 2.05) is 0 Å². The van der Waals surface area contributed by atoms with Crippen LogP contribution in [-0.4, -0.2) is 33.4 Å². The summed E-state index contributed by atoms with van der Waals surface area (Å²) in [5.74, 6) is -0.365. The highest BCUT2D eigenvalue weighted by molar-refractivity contribution is 6.99. The zero-order valence-electron chi connectivity index (χ0n) is 21.2. The van der Waals surface area contributed by atoms with Gasteiger partial charge in [0.25, 0.3) is 8.32 Å². The molecule has 1 spiro atoms. The van der Waals surface area contributed by atoms with Crippen molar-refractivity contribution < 1.29 is 13.9 Å². The molecule has 2 aliphatic rings. The van der Waals surface area contributed by atoms with Gasteiger partial charge in [-0.15, -0.1) is 0 Å². The Morgan fingerprint density at radius 1 is 0.848 bits per heavy atom. The lowest BCUT2D eigenvalue weighted by Gasteiger charge is -2.49. The van der Waals surface area contributed by atoms with E-state index in [4.69, 9.17) is 13.9 Å². The fraction of sp³-hybridized carbons (Fsp3) is 0.586. The van der Waals surface area contributed by atoms with Crippen molar-refractivity contribution in [2.24, 2.45) is 5.41 Å². The van der Waals surface area contributed by atoms with Gasteiger partial charge in [0.2, 0.25) is 0 Å². The molecular weight excluding hydrogens is 424 g/mol. The Morgan fingerprint density at radius 3 is 1.91 bits per heavy atom. The van der Waals surface area contributed by atoms with E-state index in [0.29, 0.717) is 6.61 Å². The summed E-state index contributed by atoms with van der Waals surface area (Å²) in [6, 6.07) is 21.8. The molecule has 1 saturated heterocycles. The maximum Gasteiger partial charge on any atom is 0.261 e. The molecular formula is C29H42O3Si. The van der Waals surface area contributed by atoms with Crippen LogP contribution < -0.4 is 10.4 Å². The van der Waals surface area contributed by atoms with E-state index in [-0.39, 0.29) is 22.3 Å². The minimum absolute atomic E-state index is 0.0209. The zero-order chi connectivity index (χ0) is 23.6. The van der Waals surface area contributed by atoms with Crippen molar-refractivity contribution in [3.05, 3.63) is 60.7 Å². The predicted octanol–water partition coefficient (Wildman–Crippen LogP) is 6.06. The standard InChI is InChI=1S/C29H42O3Si/c1-27(2,3)33(24-15-9-6-10-16-24,25-17-11-7-12-18-25)31-23-28(4,5)26-19-22-30-29(32-26)20-13-8-14-21-29/h6-7,9-12,15-18,26H,8,13-14,19-23H2,1-5H3/t26-/m0/s1. The van der Waals surface area contributed by atoms with E-state index in [9.17, 15) is 0 Å². The largest absolute Gasteiger partial charge is 0.407 e. The minimum Gasteiger partial charge on any atom is -0.407 e. The molecule has 1 heterocycles. The molecule has 2 fully saturated rings. The molecule has 1 saturated carbocycles. The molecule has 180 valence electrons. The van der Waals surface area contributed by atoms with Gasteiger partial charge in [-0.25, -0.2) is 0 Å². The normalized spacial score (nSPS) is 21.8. The number of hydrogen-bond donors (Lipinski definition) is 0. The van der Waals surface area contributed by atoms with Gasteiger partial charge in [-0.2, -0.15) is 0 Å². The average Bonchev–Trinajstić information content (AvgIpc) is 2.80. The van der Waals surface area contributed by atoms with Gasteiger partial charge in [-0.3, -0.25) is 0 Å². The third-order valence-electron chi connectivity index (χ3n) is 7.67. The van der Waals surface area contributed by atoms with Gasteiger partial charge in [0, 0.05) is 24.9 Å². The van der Waals surface area contributed by atoms with Crippen LogP contribution in [0.25, 0.3) is 0 Å². The Kier molecular flexibility index (Phi) is 7.21. The van der Waals surface area contributed by atoms with Gasteiger partial charge in [0.05, 0.1) is 12.7 Å². The molecule has 0 N–H and O–H groups in total.